The molecule has 6 nitrogen and oxygen atoms in total. The van der Waals surface area contributed by atoms with Crippen LogP contribution in [0.3, 0.4) is 0 Å². The molecule has 0 heterocycles. The molecule has 0 spiro atoms. The molecule has 0 saturated heterocycles. The number of hydrogen-bond donors (Lipinski definition) is 0. The van der Waals surface area contributed by atoms with Crippen molar-refractivity contribution in [2.75, 3.05) is 13.2 Å². The topological polar surface area (TPSA) is 78.9 Å². The van der Waals surface area contributed by atoms with E-state index in [9.17, 15) is 14.4 Å². The molecule has 0 rings (SSSR count). The van der Waals surface area contributed by atoms with Gasteiger partial charge in [0.15, 0.2) is 6.10 Å². The summed E-state index contributed by atoms with van der Waals surface area (Å²) in [6, 6.07) is 0. The monoisotopic (exact) mass is 751 g/mol. The number of hydrogen-bond acceptors (Lipinski definition) is 6. The van der Waals surface area contributed by atoms with Gasteiger partial charge in [0, 0.05) is 19.3 Å². The lowest BCUT2D eigenvalue weighted by Crippen LogP contribution is -2.30. The Morgan fingerprint density at radius 2 is 0.660 bits per heavy atom. The van der Waals surface area contributed by atoms with Gasteiger partial charge in [0.25, 0.3) is 0 Å². The van der Waals surface area contributed by atoms with Crippen LogP contribution in [0.4, 0.5) is 0 Å². The smallest absolute Gasteiger partial charge is 0.306 e. The summed E-state index contributed by atoms with van der Waals surface area (Å²) < 4.78 is 16.7. The summed E-state index contributed by atoms with van der Waals surface area (Å²) in [4.78, 5) is 37.7. The van der Waals surface area contributed by atoms with Gasteiger partial charge in [-0.25, -0.2) is 0 Å². The minimum absolute atomic E-state index is 0.0640. The molecule has 53 heavy (non-hydrogen) atoms. The van der Waals surface area contributed by atoms with Crippen LogP contribution < -0.4 is 0 Å². The molecule has 0 bridgehead atoms. The molecule has 0 N–H and O–H groups in total. The van der Waals surface area contributed by atoms with Crippen molar-refractivity contribution in [1.82, 2.24) is 0 Å². The molecular formula is C47H90O6. The van der Waals surface area contributed by atoms with E-state index in [1.165, 1.54) is 154 Å². The Morgan fingerprint density at radius 1 is 0.377 bits per heavy atom. The SMILES string of the molecule is CCCCCCCCCCCCCCCCC(=O)OC[C@@H](COC(=O)CCCCCCCCCCC)OC(=O)CCCCCCCCCCC(C)CC. The van der Waals surface area contributed by atoms with Crippen molar-refractivity contribution >= 4 is 17.9 Å². The highest BCUT2D eigenvalue weighted by atomic mass is 16.6. The second kappa shape index (κ2) is 41.6. The van der Waals surface area contributed by atoms with E-state index in [-0.39, 0.29) is 31.1 Å². The number of unbranched alkanes of at least 4 members (excludes halogenated alkanes) is 28. The average Bonchev–Trinajstić information content (AvgIpc) is 3.15. The first-order valence-corrected chi connectivity index (χ1v) is 23.4. The van der Waals surface area contributed by atoms with Crippen molar-refractivity contribution in [2.45, 2.75) is 265 Å². The minimum atomic E-state index is -0.759. The molecule has 6 heteroatoms. The Morgan fingerprint density at radius 3 is 0.981 bits per heavy atom. The molecular weight excluding hydrogens is 661 g/mol. The zero-order valence-electron chi connectivity index (χ0n) is 36.0. The predicted molar refractivity (Wildman–Crippen MR) is 224 cm³/mol. The predicted octanol–water partition coefficient (Wildman–Crippen LogP) is 14.7. The highest BCUT2D eigenvalue weighted by Crippen LogP contribution is 2.17. The maximum atomic E-state index is 12.7. The van der Waals surface area contributed by atoms with E-state index in [0.717, 1.165) is 63.7 Å². The van der Waals surface area contributed by atoms with Crippen LogP contribution in [0.2, 0.25) is 0 Å². The van der Waals surface area contributed by atoms with Gasteiger partial charge in [-0.2, -0.15) is 0 Å². The summed E-state index contributed by atoms with van der Waals surface area (Å²) in [5.41, 5.74) is 0. The molecule has 0 saturated carbocycles. The van der Waals surface area contributed by atoms with E-state index in [1.54, 1.807) is 0 Å². The lowest BCUT2D eigenvalue weighted by molar-refractivity contribution is -0.167. The van der Waals surface area contributed by atoms with Crippen LogP contribution in [-0.4, -0.2) is 37.2 Å². The van der Waals surface area contributed by atoms with Crippen LogP contribution in [0.1, 0.15) is 259 Å². The van der Waals surface area contributed by atoms with E-state index in [4.69, 9.17) is 14.2 Å². The van der Waals surface area contributed by atoms with Gasteiger partial charge in [-0.15, -0.1) is 0 Å². The normalized spacial score (nSPS) is 12.5. The number of esters is 3. The average molecular weight is 751 g/mol. The van der Waals surface area contributed by atoms with Crippen molar-refractivity contribution in [1.29, 1.82) is 0 Å². The van der Waals surface area contributed by atoms with Crippen LogP contribution in [0, 0.1) is 5.92 Å². The van der Waals surface area contributed by atoms with Gasteiger partial charge >= 0.3 is 17.9 Å². The van der Waals surface area contributed by atoms with Gasteiger partial charge in [-0.05, 0) is 25.2 Å². The van der Waals surface area contributed by atoms with Crippen LogP contribution in [0.25, 0.3) is 0 Å². The zero-order valence-corrected chi connectivity index (χ0v) is 36.0. The van der Waals surface area contributed by atoms with Crippen molar-refractivity contribution in [2.24, 2.45) is 5.92 Å². The van der Waals surface area contributed by atoms with Gasteiger partial charge < -0.3 is 14.2 Å². The van der Waals surface area contributed by atoms with E-state index >= 15 is 0 Å². The van der Waals surface area contributed by atoms with Crippen LogP contribution in [0.15, 0.2) is 0 Å². The molecule has 0 aromatic heterocycles. The third kappa shape index (κ3) is 39.9. The lowest BCUT2D eigenvalue weighted by Gasteiger charge is -2.18. The molecule has 0 aromatic rings. The standard InChI is InChI=1S/C47H90O6/c1-5-8-10-12-14-16-17-18-19-20-22-27-31-35-39-46(49)52-42-44(41-51-45(48)38-34-30-26-21-15-13-11-9-6-2)53-47(50)40-36-32-28-24-23-25-29-33-37-43(4)7-3/h43-44H,5-42H2,1-4H3/t43?,44-/m1/s1. The summed E-state index contributed by atoms with van der Waals surface area (Å²) in [5, 5.41) is 0. The summed E-state index contributed by atoms with van der Waals surface area (Å²) in [7, 11) is 0. The van der Waals surface area contributed by atoms with Crippen molar-refractivity contribution in [3.8, 4) is 0 Å². The third-order valence-electron chi connectivity index (χ3n) is 10.9. The van der Waals surface area contributed by atoms with Crippen molar-refractivity contribution in [3.63, 3.8) is 0 Å². The second-order valence-corrected chi connectivity index (χ2v) is 16.3. The van der Waals surface area contributed by atoms with Gasteiger partial charge in [-0.3, -0.25) is 14.4 Å². The molecule has 0 amide bonds. The van der Waals surface area contributed by atoms with Gasteiger partial charge in [0.1, 0.15) is 13.2 Å². The molecule has 0 radical (unpaired) electrons. The van der Waals surface area contributed by atoms with E-state index < -0.39 is 6.10 Å². The number of carbonyl (C=O) groups excluding carboxylic acids is 3. The highest BCUT2D eigenvalue weighted by molar-refractivity contribution is 5.71. The van der Waals surface area contributed by atoms with Crippen molar-refractivity contribution in [3.05, 3.63) is 0 Å². The van der Waals surface area contributed by atoms with Gasteiger partial charge in [0.05, 0.1) is 0 Å². The Kier molecular flexibility index (Phi) is 40.3. The van der Waals surface area contributed by atoms with Crippen LogP contribution in [-0.2, 0) is 28.6 Å². The molecule has 0 aromatic carbocycles. The molecule has 0 fully saturated rings. The van der Waals surface area contributed by atoms with E-state index in [2.05, 4.69) is 27.7 Å². The Hall–Kier alpha value is -1.59. The maximum Gasteiger partial charge on any atom is 0.306 e. The second-order valence-electron chi connectivity index (χ2n) is 16.3. The quantitative estimate of drug-likeness (QED) is 0.0351. The molecule has 1 unspecified atom stereocenters. The number of rotatable bonds is 42. The largest absolute Gasteiger partial charge is 0.462 e. The van der Waals surface area contributed by atoms with Crippen LogP contribution in [0.5, 0.6) is 0 Å². The first-order valence-electron chi connectivity index (χ1n) is 23.4. The lowest BCUT2D eigenvalue weighted by atomic mass is 9.99. The van der Waals surface area contributed by atoms with Crippen LogP contribution >= 0.6 is 0 Å². The summed E-state index contributed by atoms with van der Waals surface area (Å²) in [6.07, 6.45) is 40.8. The summed E-state index contributed by atoms with van der Waals surface area (Å²) in [6.45, 7) is 8.99. The summed E-state index contributed by atoms with van der Waals surface area (Å²) in [5.74, 6) is -0.0108. The van der Waals surface area contributed by atoms with Gasteiger partial charge in [0.2, 0.25) is 0 Å². The Balaban J connectivity index is 4.31. The minimum Gasteiger partial charge on any atom is -0.462 e. The fraction of sp³-hybridized carbons (Fsp3) is 0.936. The first-order chi connectivity index (χ1) is 25.9. The Bertz CT molecular complexity index is 798. The van der Waals surface area contributed by atoms with E-state index in [1.807, 2.05) is 0 Å². The van der Waals surface area contributed by atoms with Gasteiger partial charge in [-0.1, -0.05) is 220 Å². The first kappa shape index (κ1) is 51.4. The third-order valence-corrected chi connectivity index (χ3v) is 10.9. The highest BCUT2D eigenvalue weighted by Gasteiger charge is 2.19. The molecule has 0 aliphatic heterocycles. The Labute approximate surface area is 329 Å². The van der Waals surface area contributed by atoms with Crippen molar-refractivity contribution < 1.29 is 28.6 Å². The maximum absolute atomic E-state index is 12.7. The summed E-state index contributed by atoms with van der Waals surface area (Å²) >= 11 is 0. The molecule has 2 atom stereocenters. The fourth-order valence-electron chi connectivity index (χ4n) is 6.95. The molecule has 314 valence electrons. The molecule has 0 aliphatic carbocycles. The fourth-order valence-corrected chi connectivity index (χ4v) is 6.95. The molecule has 0 aliphatic rings. The number of carbonyl (C=O) groups is 3. The zero-order chi connectivity index (χ0) is 38.9. The van der Waals surface area contributed by atoms with E-state index in [0.29, 0.717) is 19.3 Å². The number of ether oxygens (including phenoxy) is 3.